The first-order chi connectivity index (χ1) is 20.6. The molecule has 0 aromatic carbocycles. The van der Waals surface area contributed by atoms with E-state index in [1.165, 1.54) is 38.7 Å². The molecule has 0 aliphatic rings. The molecule has 4 aromatic heterocycles. The lowest BCUT2D eigenvalue weighted by atomic mass is 10.7. The molecule has 0 saturated carbocycles. The van der Waals surface area contributed by atoms with Crippen LogP contribution in [0.5, 0.6) is 0 Å². The second kappa shape index (κ2) is 23.8. The minimum Gasteiger partial charge on any atom is -0.358 e. The second-order valence-corrected chi connectivity index (χ2v) is 9.02. The van der Waals surface area contributed by atoms with Crippen molar-refractivity contribution in [2.24, 2.45) is 0 Å². The van der Waals surface area contributed by atoms with E-state index in [9.17, 15) is 40.5 Å². The first-order valence-corrected chi connectivity index (χ1v) is 13.6. The monoisotopic (exact) mass is 764 g/mol. The van der Waals surface area contributed by atoms with Crippen LogP contribution in [-0.4, -0.2) is 57.9 Å². The molecule has 20 nitrogen and oxygen atoms in total. The quantitative estimate of drug-likeness (QED) is 0.121. The van der Waals surface area contributed by atoms with E-state index in [1.807, 2.05) is 20.8 Å². The van der Waals surface area contributed by atoms with Crippen molar-refractivity contribution in [2.45, 2.75) is 83.6 Å². The summed E-state index contributed by atoms with van der Waals surface area (Å²) in [5.74, 6) is -0.990. The number of hydrogen-bond donors (Lipinski definition) is 0. The van der Waals surface area contributed by atoms with Gasteiger partial charge in [-0.15, -0.1) is 0 Å². The Morgan fingerprint density at radius 1 is 0.583 bits per heavy atom. The zero-order valence-corrected chi connectivity index (χ0v) is 26.3. The van der Waals surface area contributed by atoms with Crippen LogP contribution in [0.3, 0.4) is 0 Å². The number of hydrogen-bond acceptors (Lipinski definition) is 12. The molecule has 0 N–H and O–H groups in total. The van der Waals surface area contributed by atoms with Crippen molar-refractivity contribution in [1.29, 1.82) is 0 Å². The Labute approximate surface area is 296 Å². The van der Waals surface area contributed by atoms with E-state index in [2.05, 4.69) is 19.9 Å². The first kappa shape index (κ1) is 50.5. The number of aromatic nitrogens is 8. The largest absolute Gasteiger partial charge is 0.402 e. The van der Waals surface area contributed by atoms with Crippen molar-refractivity contribution in [3.05, 3.63) is 86.4 Å². The number of halogens is 4. The van der Waals surface area contributed by atoms with Gasteiger partial charge in [0.25, 0.3) is 0 Å². The van der Waals surface area contributed by atoms with Crippen LogP contribution in [0.1, 0.15) is 57.4 Å². The number of nitro groups is 4. The van der Waals surface area contributed by atoms with E-state index in [-0.39, 0.29) is 68.0 Å². The molecule has 48 heavy (non-hydrogen) atoms. The average Bonchev–Trinajstić information content (AvgIpc) is 3.75. The van der Waals surface area contributed by atoms with Crippen LogP contribution in [0.25, 0.3) is 0 Å². The van der Waals surface area contributed by atoms with Crippen LogP contribution in [0.15, 0.2) is 25.0 Å². The molecular weight excluding hydrogens is 726 g/mol. The van der Waals surface area contributed by atoms with Crippen LogP contribution in [0.2, 0.25) is 20.9 Å². The van der Waals surface area contributed by atoms with Crippen LogP contribution < -0.4 is 0 Å². The maximum Gasteiger partial charge on any atom is 0.402 e. The summed E-state index contributed by atoms with van der Waals surface area (Å²) in [5.41, 5.74) is 0. The van der Waals surface area contributed by atoms with Crippen molar-refractivity contribution in [1.82, 2.24) is 38.2 Å². The fraction of sp³-hybridized carbons (Fsp3) is 0.500. The Morgan fingerprint density at radius 3 is 1.35 bits per heavy atom. The molecule has 0 radical (unpaired) electrons. The minimum atomic E-state index is -0.666. The summed E-state index contributed by atoms with van der Waals surface area (Å²) in [7, 11) is 0. The Kier molecular flexibility index (Phi) is 25.1. The highest BCUT2D eigenvalue weighted by molar-refractivity contribution is 6.34. The summed E-state index contributed by atoms with van der Waals surface area (Å²) < 4.78 is 6.00. The Bertz CT molecular complexity index is 1600. The lowest BCUT2D eigenvalue weighted by Gasteiger charge is -1.94. The number of aryl methyl sites for hydroxylation is 3. The van der Waals surface area contributed by atoms with E-state index in [0.29, 0.717) is 26.2 Å². The highest BCUT2D eigenvalue weighted by Gasteiger charge is 2.24. The zero-order valence-electron chi connectivity index (χ0n) is 23.3. The number of rotatable bonds is 8. The molecule has 0 spiro atoms. The smallest absolute Gasteiger partial charge is 0.358 e. The third kappa shape index (κ3) is 14.2. The Morgan fingerprint density at radius 2 is 1.10 bits per heavy atom. The van der Waals surface area contributed by atoms with Gasteiger partial charge in [0.05, 0.1) is 0 Å². The molecule has 24 heteroatoms. The summed E-state index contributed by atoms with van der Waals surface area (Å²) in [6.07, 6.45) is 5.50. The molecule has 4 heterocycles. The molecule has 4 rings (SSSR count). The predicted octanol–water partition coefficient (Wildman–Crippen LogP) is 8.40. The number of imidazole rings is 4. The van der Waals surface area contributed by atoms with Crippen LogP contribution in [0.4, 0.5) is 23.3 Å². The second-order valence-electron chi connectivity index (χ2n) is 7.63. The van der Waals surface area contributed by atoms with Gasteiger partial charge in [-0.1, -0.05) is 52.9 Å². The molecule has 4 aromatic rings. The summed E-state index contributed by atoms with van der Waals surface area (Å²) in [6.45, 7) is 9.65. The molecule has 272 valence electrons. The van der Waals surface area contributed by atoms with E-state index in [0.717, 1.165) is 0 Å². The predicted molar refractivity (Wildman–Crippen MR) is 185 cm³/mol. The minimum absolute atomic E-state index is 0. The van der Waals surface area contributed by atoms with E-state index < -0.39 is 25.5 Å². The highest BCUT2D eigenvalue weighted by Crippen LogP contribution is 2.27. The van der Waals surface area contributed by atoms with Crippen LogP contribution in [-0.2, 0) is 26.2 Å². The lowest BCUT2D eigenvalue weighted by molar-refractivity contribution is -0.389. The highest BCUT2D eigenvalue weighted by atomic mass is 35.5. The van der Waals surface area contributed by atoms with E-state index in [4.69, 9.17) is 46.4 Å². The standard InChI is InChI=1S/C5H5Cl2N3O2.2C5H6ClN3O2.C5H7N3O2.4CH4/c1-2-9-3(6)4(10(11)12)8-5(9)7;1-2-8-3-7-5(4(8)6)9(10)11;1-2-8-3-4(9(10)11)7-5(8)6;1-2-7-3-5(6-4-7)8(9)10;;;;/h2H2,1H3;2*3H,2H2,1H3;3-4H,2H2,1H3;4*1H4. The molecular formula is C24H40Cl4N12O8. The summed E-state index contributed by atoms with van der Waals surface area (Å²) >= 11 is 22.3. The maximum absolute atomic E-state index is 10.3. The lowest BCUT2D eigenvalue weighted by Crippen LogP contribution is -1.94. The van der Waals surface area contributed by atoms with Crippen molar-refractivity contribution < 1.29 is 19.7 Å². The fourth-order valence-electron chi connectivity index (χ4n) is 2.79. The third-order valence-electron chi connectivity index (χ3n) is 5.02. The van der Waals surface area contributed by atoms with Crippen molar-refractivity contribution in [2.75, 3.05) is 0 Å². The van der Waals surface area contributed by atoms with Crippen molar-refractivity contribution in [3.63, 3.8) is 0 Å². The summed E-state index contributed by atoms with van der Waals surface area (Å²) in [6, 6.07) is 0. The first-order valence-electron chi connectivity index (χ1n) is 12.1. The average molecular weight is 766 g/mol. The Balaban J connectivity index is -0.000000262. The van der Waals surface area contributed by atoms with Gasteiger partial charge in [-0.2, -0.15) is 0 Å². The van der Waals surface area contributed by atoms with E-state index in [1.54, 1.807) is 11.5 Å². The van der Waals surface area contributed by atoms with E-state index >= 15 is 0 Å². The third-order valence-corrected chi connectivity index (χ3v) is 6.37. The molecule has 0 atom stereocenters. The molecule has 0 saturated heterocycles. The molecule has 0 fully saturated rings. The molecule has 0 aliphatic carbocycles. The topological polar surface area (TPSA) is 244 Å². The molecule has 0 aliphatic heterocycles. The van der Waals surface area contributed by atoms with Gasteiger partial charge in [-0.05, 0) is 90.5 Å². The summed E-state index contributed by atoms with van der Waals surface area (Å²) in [4.78, 5) is 52.4. The van der Waals surface area contributed by atoms with Crippen molar-refractivity contribution >= 4 is 69.7 Å². The fourth-order valence-corrected chi connectivity index (χ4v) is 3.96. The van der Waals surface area contributed by atoms with Gasteiger partial charge in [0.2, 0.25) is 23.0 Å². The zero-order chi connectivity index (χ0) is 33.7. The van der Waals surface area contributed by atoms with Gasteiger partial charge in [0.15, 0.2) is 0 Å². The van der Waals surface area contributed by atoms with Gasteiger partial charge in [0, 0.05) is 26.2 Å². The van der Waals surface area contributed by atoms with Crippen LogP contribution >= 0.6 is 46.4 Å². The molecule has 0 bridgehead atoms. The van der Waals surface area contributed by atoms with Crippen molar-refractivity contribution in [3.8, 4) is 0 Å². The van der Waals surface area contributed by atoms with Gasteiger partial charge in [0.1, 0.15) is 12.4 Å². The maximum atomic E-state index is 10.3. The Hall–Kier alpha value is -4.40. The van der Waals surface area contributed by atoms with Gasteiger partial charge in [-0.25, -0.2) is 0 Å². The van der Waals surface area contributed by atoms with Gasteiger partial charge < -0.3 is 45.0 Å². The SMILES string of the molecule is C.C.C.C.CCn1c(Cl)nc([N+](=O)[O-])c1Cl.CCn1cc([N+](=O)[O-])nc1Cl.CCn1cnc([N+](=O)[O-])c1.CCn1cnc([N+](=O)[O-])c1Cl. The van der Waals surface area contributed by atoms with Gasteiger partial charge in [-0.3, -0.25) is 13.7 Å². The normalized spacial score (nSPS) is 9.17. The van der Waals surface area contributed by atoms with Gasteiger partial charge >= 0.3 is 33.8 Å². The summed E-state index contributed by atoms with van der Waals surface area (Å²) in [5, 5.41) is 40.9. The van der Waals surface area contributed by atoms with Crippen LogP contribution in [0, 0.1) is 40.5 Å². The molecule has 0 amide bonds. The number of nitrogens with zero attached hydrogens (tertiary/aromatic N) is 12. The molecule has 0 unspecified atom stereocenters.